The van der Waals surface area contributed by atoms with E-state index in [9.17, 15) is 4.79 Å². The summed E-state index contributed by atoms with van der Waals surface area (Å²) in [6, 6.07) is 7.94. The predicted octanol–water partition coefficient (Wildman–Crippen LogP) is 3.48. The van der Waals surface area contributed by atoms with Gasteiger partial charge in [-0.3, -0.25) is 9.79 Å². The van der Waals surface area contributed by atoms with Crippen LogP contribution in [-0.4, -0.2) is 35.9 Å². The van der Waals surface area contributed by atoms with Gasteiger partial charge in [0.2, 0.25) is 5.91 Å². The monoisotopic (exact) mass is 344 g/mol. The summed E-state index contributed by atoms with van der Waals surface area (Å²) in [6.07, 6.45) is 0. The smallest absolute Gasteiger partial charge is 0.226 e. The lowest BCUT2D eigenvalue weighted by molar-refractivity contribution is -0.118. The minimum Gasteiger partial charge on any atom is -0.352 e. The number of likely N-dealkylation sites (tertiary alicyclic amines) is 1. The Morgan fingerprint density at radius 2 is 1.80 bits per heavy atom. The molecule has 0 aliphatic carbocycles. The molecule has 2 rings (SSSR count). The number of carbonyl (C=O) groups excluding carboxylic acids is 1. The van der Waals surface area contributed by atoms with Crippen LogP contribution in [0.3, 0.4) is 0 Å². The first kappa shape index (κ1) is 19.3. The van der Waals surface area contributed by atoms with E-state index in [-0.39, 0.29) is 22.8 Å². The van der Waals surface area contributed by atoms with E-state index in [0.717, 1.165) is 23.8 Å². The molecule has 1 aromatic rings. The second kappa shape index (κ2) is 7.06. The van der Waals surface area contributed by atoms with E-state index in [0.29, 0.717) is 6.54 Å². The van der Waals surface area contributed by atoms with Gasteiger partial charge in [-0.25, -0.2) is 0 Å². The van der Waals surface area contributed by atoms with E-state index < -0.39 is 0 Å². The van der Waals surface area contributed by atoms with Gasteiger partial charge in [0, 0.05) is 42.7 Å². The summed E-state index contributed by atoms with van der Waals surface area (Å²) in [5.74, 6) is 0.948. The number of rotatable bonds is 4. The molecule has 2 N–H and O–H groups in total. The summed E-state index contributed by atoms with van der Waals surface area (Å²) in [6.45, 7) is 14.6. The first-order chi connectivity index (χ1) is 11.6. The number of anilines is 1. The maximum absolute atomic E-state index is 11.7. The second-order valence-electron chi connectivity index (χ2n) is 8.27. The molecule has 1 aliphatic heterocycles. The Morgan fingerprint density at radius 1 is 1.20 bits per heavy atom. The van der Waals surface area contributed by atoms with Crippen LogP contribution < -0.4 is 10.6 Å². The predicted molar refractivity (Wildman–Crippen MR) is 105 cm³/mol. The van der Waals surface area contributed by atoms with Gasteiger partial charge < -0.3 is 15.5 Å². The molecule has 1 fully saturated rings. The van der Waals surface area contributed by atoms with E-state index in [4.69, 9.17) is 0 Å². The number of aliphatic imine (C=N–C) groups is 1. The van der Waals surface area contributed by atoms with Crippen LogP contribution in [0.5, 0.6) is 0 Å². The Bertz CT molecular complexity index is 644. The molecule has 1 aromatic carbocycles. The zero-order valence-corrected chi connectivity index (χ0v) is 16.6. The van der Waals surface area contributed by atoms with E-state index >= 15 is 0 Å². The second-order valence-corrected chi connectivity index (χ2v) is 8.27. The number of hydrogen-bond acceptors (Lipinski definition) is 2. The fraction of sp³-hybridized carbons (Fsp3) is 0.600. The van der Waals surface area contributed by atoms with Gasteiger partial charge in [0.15, 0.2) is 5.96 Å². The number of benzene rings is 1. The largest absolute Gasteiger partial charge is 0.352 e. The summed E-state index contributed by atoms with van der Waals surface area (Å²) >= 11 is 0. The van der Waals surface area contributed by atoms with Gasteiger partial charge >= 0.3 is 0 Å². The molecule has 0 spiro atoms. The Morgan fingerprint density at radius 3 is 2.24 bits per heavy atom. The van der Waals surface area contributed by atoms with Crippen LogP contribution in [0, 0.1) is 11.3 Å². The fourth-order valence-electron chi connectivity index (χ4n) is 2.87. The van der Waals surface area contributed by atoms with Gasteiger partial charge in [-0.05, 0) is 31.5 Å². The van der Waals surface area contributed by atoms with Crippen molar-refractivity contribution in [3.05, 3.63) is 29.8 Å². The van der Waals surface area contributed by atoms with Crippen LogP contribution in [0.25, 0.3) is 0 Å². The van der Waals surface area contributed by atoms with Crippen molar-refractivity contribution in [3.8, 4) is 0 Å². The molecule has 0 saturated carbocycles. The number of carbonyl (C=O) groups is 1. The number of hydrogen-bond donors (Lipinski definition) is 2. The van der Waals surface area contributed by atoms with Crippen LogP contribution >= 0.6 is 0 Å². The Balaban J connectivity index is 1.93. The van der Waals surface area contributed by atoms with Gasteiger partial charge in [0.1, 0.15) is 0 Å². The molecule has 138 valence electrons. The standard InChI is InChI=1S/C20H32N4O/c1-14(2)17(25)23-16-10-8-15(9-11-16)12-22-18(21-7)24-13-19(3,4)20(24,5)6/h8-11,14H,12-13H2,1-7H3,(H,21,22)(H,23,25). The lowest BCUT2D eigenvalue weighted by atomic mass is 9.65. The molecule has 0 unspecified atom stereocenters. The number of nitrogens with one attached hydrogen (secondary N) is 2. The quantitative estimate of drug-likeness (QED) is 0.649. The minimum atomic E-state index is -0.0196. The lowest BCUT2D eigenvalue weighted by Crippen LogP contribution is -2.72. The van der Waals surface area contributed by atoms with Crippen molar-refractivity contribution < 1.29 is 4.79 Å². The molecule has 0 radical (unpaired) electrons. The van der Waals surface area contributed by atoms with E-state index in [1.165, 1.54) is 0 Å². The molecule has 1 amide bonds. The zero-order valence-electron chi connectivity index (χ0n) is 16.6. The first-order valence-electron chi connectivity index (χ1n) is 8.96. The number of amides is 1. The van der Waals surface area contributed by atoms with E-state index in [1.807, 2.05) is 45.2 Å². The zero-order chi connectivity index (χ0) is 18.8. The third-order valence-corrected chi connectivity index (χ3v) is 5.55. The average Bonchev–Trinajstić information content (AvgIpc) is 2.55. The fourth-order valence-corrected chi connectivity index (χ4v) is 2.87. The maximum atomic E-state index is 11.7. The highest BCUT2D eigenvalue weighted by atomic mass is 16.1. The van der Waals surface area contributed by atoms with Crippen molar-refractivity contribution in [2.45, 2.75) is 53.6 Å². The van der Waals surface area contributed by atoms with Gasteiger partial charge in [-0.2, -0.15) is 0 Å². The molecule has 25 heavy (non-hydrogen) atoms. The van der Waals surface area contributed by atoms with Gasteiger partial charge in [0.05, 0.1) is 0 Å². The molecule has 1 aliphatic rings. The maximum Gasteiger partial charge on any atom is 0.226 e. The highest BCUT2D eigenvalue weighted by molar-refractivity contribution is 5.92. The van der Waals surface area contributed by atoms with Crippen molar-refractivity contribution in [2.24, 2.45) is 16.3 Å². The first-order valence-corrected chi connectivity index (χ1v) is 8.96. The summed E-state index contributed by atoms with van der Waals surface area (Å²) < 4.78 is 0. The van der Waals surface area contributed by atoms with Crippen molar-refractivity contribution in [1.82, 2.24) is 10.2 Å². The Hall–Kier alpha value is -2.04. The summed E-state index contributed by atoms with van der Waals surface area (Å²) in [5, 5.41) is 6.36. The molecular formula is C20H32N4O. The van der Waals surface area contributed by atoms with Crippen molar-refractivity contribution in [1.29, 1.82) is 0 Å². The van der Waals surface area contributed by atoms with Crippen molar-refractivity contribution in [2.75, 3.05) is 18.9 Å². The minimum absolute atomic E-state index is 0.0196. The van der Waals surface area contributed by atoms with Gasteiger partial charge in [0.25, 0.3) is 0 Å². The van der Waals surface area contributed by atoms with Crippen molar-refractivity contribution in [3.63, 3.8) is 0 Å². The Kier molecular flexibility index (Phi) is 5.45. The van der Waals surface area contributed by atoms with Gasteiger partial charge in [-0.15, -0.1) is 0 Å². The highest BCUT2D eigenvalue weighted by Gasteiger charge is 2.53. The molecule has 0 bridgehead atoms. The summed E-state index contributed by atoms with van der Waals surface area (Å²) in [7, 11) is 1.83. The molecule has 0 aromatic heterocycles. The normalized spacial score (nSPS) is 18.7. The Labute approximate surface area is 151 Å². The van der Waals surface area contributed by atoms with E-state index in [1.54, 1.807) is 0 Å². The van der Waals surface area contributed by atoms with Crippen LogP contribution in [0.15, 0.2) is 29.3 Å². The molecular weight excluding hydrogens is 312 g/mol. The highest BCUT2D eigenvalue weighted by Crippen LogP contribution is 2.46. The summed E-state index contributed by atoms with van der Waals surface area (Å²) in [4.78, 5) is 18.5. The summed E-state index contributed by atoms with van der Waals surface area (Å²) in [5.41, 5.74) is 2.35. The molecule has 0 atom stereocenters. The molecule has 5 heteroatoms. The third-order valence-electron chi connectivity index (χ3n) is 5.55. The van der Waals surface area contributed by atoms with Crippen LogP contribution in [0.2, 0.25) is 0 Å². The van der Waals surface area contributed by atoms with Gasteiger partial charge in [-0.1, -0.05) is 39.8 Å². The van der Waals surface area contributed by atoms with E-state index in [2.05, 4.69) is 48.2 Å². The topological polar surface area (TPSA) is 56.7 Å². The number of guanidine groups is 1. The lowest BCUT2D eigenvalue weighted by Gasteiger charge is -2.62. The molecule has 1 saturated heterocycles. The number of nitrogens with zero attached hydrogens (tertiary/aromatic N) is 2. The molecule has 1 heterocycles. The van der Waals surface area contributed by atoms with Crippen LogP contribution in [0.4, 0.5) is 5.69 Å². The molecule has 5 nitrogen and oxygen atoms in total. The average molecular weight is 345 g/mol. The third kappa shape index (κ3) is 3.97. The van der Waals surface area contributed by atoms with Crippen molar-refractivity contribution >= 4 is 17.6 Å². The SMILES string of the molecule is CN=C(NCc1ccc(NC(=O)C(C)C)cc1)N1CC(C)(C)C1(C)C. The van der Waals surface area contributed by atoms with Crippen LogP contribution in [-0.2, 0) is 11.3 Å². The van der Waals surface area contributed by atoms with Crippen LogP contribution in [0.1, 0.15) is 47.1 Å².